The molecule has 0 aliphatic rings. The van der Waals surface area contributed by atoms with Gasteiger partial charge in [0.1, 0.15) is 21.7 Å². The van der Waals surface area contributed by atoms with E-state index in [-0.39, 0.29) is 23.4 Å². The van der Waals surface area contributed by atoms with Gasteiger partial charge >= 0.3 is 0 Å². The molecular weight excluding hydrogens is 424 g/mol. The van der Waals surface area contributed by atoms with Crippen LogP contribution in [0.1, 0.15) is 11.3 Å². The minimum atomic E-state index is -4.26. The highest BCUT2D eigenvalue weighted by Gasteiger charge is 2.35. The Hall–Kier alpha value is -3.08. The van der Waals surface area contributed by atoms with Gasteiger partial charge in [-0.15, -0.1) is 0 Å². The molecule has 2 aromatic heterocycles. The zero-order valence-corrected chi connectivity index (χ0v) is 17.3. The number of carbonyl (C=O) groups is 1. The summed E-state index contributed by atoms with van der Waals surface area (Å²) < 4.78 is 41.3. The molecule has 4 aromatic rings. The number of benzene rings is 2. The maximum atomic E-state index is 13.5. The van der Waals surface area contributed by atoms with Crippen molar-refractivity contribution in [3.05, 3.63) is 78.3 Å². The predicted octanol–water partition coefficient (Wildman–Crippen LogP) is 2.57. The Morgan fingerprint density at radius 2 is 1.87 bits per heavy atom. The van der Waals surface area contributed by atoms with Crippen molar-refractivity contribution < 1.29 is 17.6 Å². The van der Waals surface area contributed by atoms with Gasteiger partial charge in [0.05, 0.1) is 30.6 Å². The molecule has 4 rings (SSSR count). The van der Waals surface area contributed by atoms with Crippen LogP contribution in [-0.2, 0) is 27.8 Å². The lowest BCUT2D eigenvalue weighted by molar-refractivity contribution is -0.128. The summed E-state index contributed by atoms with van der Waals surface area (Å²) in [7, 11) is -4.26. The van der Waals surface area contributed by atoms with Crippen molar-refractivity contribution in [2.24, 2.45) is 5.73 Å². The number of aromatic nitrogens is 2. The summed E-state index contributed by atoms with van der Waals surface area (Å²) in [5, 5.41) is 0. The van der Waals surface area contributed by atoms with Crippen LogP contribution in [-0.4, -0.2) is 33.4 Å². The summed E-state index contributed by atoms with van der Waals surface area (Å²) in [6.07, 6.45) is 1.62. The van der Waals surface area contributed by atoms with E-state index in [0.717, 1.165) is 21.6 Å². The van der Waals surface area contributed by atoms with E-state index in [9.17, 15) is 13.2 Å². The van der Waals surface area contributed by atoms with Crippen LogP contribution in [0, 0.1) is 0 Å². The molecule has 154 valence electrons. The first-order valence-electron chi connectivity index (χ1n) is 9.06. The van der Waals surface area contributed by atoms with Gasteiger partial charge in [0.15, 0.2) is 0 Å². The first-order chi connectivity index (χ1) is 14.5. The molecule has 2 aromatic carbocycles. The molecule has 0 bridgehead atoms. The monoisotopic (exact) mass is 442 g/mol. The van der Waals surface area contributed by atoms with Gasteiger partial charge in [-0.2, -0.15) is 8.75 Å². The molecule has 0 radical (unpaired) electrons. The van der Waals surface area contributed by atoms with Crippen molar-refractivity contribution in [3.63, 3.8) is 0 Å². The number of nitrogens with two attached hydrogens (primary N) is 1. The largest absolute Gasteiger partial charge is 0.467 e. The summed E-state index contributed by atoms with van der Waals surface area (Å²) in [4.78, 5) is 13.1. The minimum absolute atomic E-state index is 0.0967. The van der Waals surface area contributed by atoms with Gasteiger partial charge in [0, 0.05) is 0 Å². The van der Waals surface area contributed by atoms with Crippen molar-refractivity contribution in [2.75, 3.05) is 0 Å². The number of amides is 1. The van der Waals surface area contributed by atoms with Crippen molar-refractivity contribution in [1.29, 1.82) is 0 Å². The standard InChI is InChI=1S/C20H18N4O4S2/c21-16(12-14-6-2-1-3-7-14)20(25)24(13-15-8-5-11-28-15)30(26,27)18-10-4-9-17-19(18)23-29-22-17/h1-11,16H,12-13,21H2. The van der Waals surface area contributed by atoms with Crippen molar-refractivity contribution in [3.8, 4) is 0 Å². The Balaban J connectivity index is 1.72. The molecule has 0 fully saturated rings. The molecule has 2 N–H and O–H groups in total. The Morgan fingerprint density at radius 1 is 1.07 bits per heavy atom. The molecule has 8 nitrogen and oxygen atoms in total. The second-order valence-corrected chi connectivity index (χ2v) is 8.97. The maximum absolute atomic E-state index is 13.5. The van der Waals surface area contributed by atoms with E-state index in [4.69, 9.17) is 10.2 Å². The van der Waals surface area contributed by atoms with Crippen molar-refractivity contribution in [1.82, 2.24) is 13.1 Å². The zero-order valence-electron chi connectivity index (χ0n) is 15.7. The Morgan fingerprint density at radius 3 is 2.60 bits per heavy atom. The lowest BCUT2D eigenvalue weighted by atomic mass is 10.1. The molecule has 1 unspecified atom stereocenters. The number of rotatable bonds is 7. The number of hydrogen-bond acceptors (Lipinski definition) is 8. The maximum Gasteiger partial charge on any atom is 0.269 e. The molecule has 10 heteroatoms. The fourth-order valence-electron chi connectivity index (χ4n) is 3.07. The number of nitrogens with zero attached hydrogens (tertiary/aromatic N) is 3. The highest BCUT2D eigenvalue weighted by Crippen LogP contribution is 2.26. The van der Waals surface area contributed by atoms with E-state index in [0.29, 0.717) is 11.3 Å². The summed E-state index contributed by atoms with van der Waals surface area (Å²) in [6, 6.07) is 16.0. The summed E-state index contributed by atoms with van der Waals surface area (Å²) in [6.45, 7) is -0.273. The van der Waals surface area contributed by atoms with Crippen LogP contribution in [0.25, 0.3) is 11.0 Å². The van der Waals surface area contributed by atoms with Gasteiger partial charge in [-0.25, -0.2) is 12.7 Å². The molecule has 2 heterocycles. The topological polar surface area (TPSA) is 119 Å². The molecule has 0 spiro atoms. The number of fused-ring (bicyclic) bond motifs is 1. The third-order valence-electron chi connectivity index (χ3n) is 4.56. The average molecular weight is 443 g/mol. The van der Waals surface area contributed by atoms with E-state index in [1.165, 1.54) is 12.3 Å². The lowest BCUT2D eigenvalue weighted by Crippen LogP contribution is -2.47. The van der Waals surface area contributed by atoms with Gasteiger partial charge < -0.3 is 10.2 Å². The number of carbonyl (C=O) groups excluding carboxylic acids is 1. The van der Waals surface area contributed by atoms with Gasteiger partial charge in [-0.05, 0) is 36.2 Å². The van der Waals surface area contributed by atoms with Crippen LogP contribution in [0.15, 0.2) is 76.2 Å². The van der Waals surface area contributed by atoms with Crippen LogP contribution in [0.2, 0.25) is 0 Å². The SMILES string of the molecule is NC(Cc1ccccc1)C(=O)N(Cc1ccco1)S(=O)(=O)c1cccc2nsnc12. The quantitative estimate of drug-likeness (QED) is 0.467. The molecule has 1 amide bonds. The molecular formula is C20H18N4O4S2. The first-order valence-corrected chi connectivity index (χ1v) is 11.2. The Labute approximate surface area is 177 Å². The van der Waals surface area contributed by atoms with E-state index < -0.39 is 22.0 Å². The van der Waals surface area contributed by atoms with Gasteiger partial charge in [0.2, 0.25) is 0 Å². The highest BCUT2D eigenvalue weighted by atomic mass is 32.2. The van der Waals surface area contributed by atoms with Crippen LogP contribution in [0.4, 0.5) is 0 Å². The fraction of sp³-hybridized carbons (Fsp3) is 0.150. The molecule has 0 saturated heterocycles. The predicted molar refractivity (Wildman–Crippen MR) is 112 cm³/mol. The fourth-order valence-corrected chi connectivity index (χ4v) is 5.23. The normalized spacial score (nSPS) is 12.7. The second-order valence-electron chi connectivity index (χ2n) is 6.61. The third kappa shape index (κ3) is 3.97. The van der Waals surface area contributed by atoms with Crippen LogP contribution >= 0.6 is 11.7 Å². The van der Waals surface area contributed by atoms with Gasteiger partial charge in [-0.1, -0.05) is 36.4 Å². The average Bonchev–Trinajstić information content (AvgIpc) is 3.43. The van der Waals surface area contributed by atoms with Crippen LogP contribution < -0.4 is 5.73 Å². The highest BCUT2D eigenvalue weighted by molar-refractivity contribution is 7.89. The molecule has 0 aliphatic heterocycles. The summed E-state index contributed by atoms with van der Waals surface area (Å²) >= 11 is 0.906. The van der Waals surface area contributed by atoms with E-state index in [2.05, 4.69) is 8.75 Å². The number of hydrogen-bond donors (Lipinski definition) is 1. The summed E-state index contributed by atoms with van der Waals surface area (Å²) in [5.74, 6) is -0.405. The molecule has 30 heavy (non-hydrogen) atoms. The first kappa shape index (κ1) is 20.2. The van der Waals surface area contributed by atoms with E-state index in [1.54, 1.807) is 24.3 Å². The second kappa shape index (κ2) is 8.34. The molecule has 1 atom stereocenters. The number of sulfonamides is 1. The Kier molecular flexibility index (Phi) is 5.62. The lowest BCUT2D eigenvalue weighted by Gasteiger charge is -2.24. The third-order valence-corrected chi connectivity index (χ3v) is 6.88. The Bertz CT molecular complexity index is 1250. The smallest absolute Gasteiger partial charge is 0.269 e. The molecule has 0 saturated carbocycles. The summed E-state index contributed by atoms with van der Waals surface area (Å²) in [5.41, 5.74) is 7.63. The van der Waals surface area contributed by atoms with Crippen LogP contribution in [0.3, 0.4) is 0 Å². The number of furan rings is 1. The van der Waals surface area contributed by atoms with Crippen LogP contribution in [0.5, 0.6) is 0 Å². The van der Waals surface area contributed by atoms with Crippen molar-refractivity contribution >= 4 is 38.7 Å². The van der Waals surface area contributed by atoms with E-state index >= 15 is 0 Å². The molecule has 0 aliphatic carbocycles. The van der Waals surface area contributed by atoms with Gasteiger partial charge in [0.25, 0.3) is 15.9 Å². The zero-order chi connectivity index (χ0) is 21.1. The van der Waals surface area contributed by atoms with E-state index in [1.807, 2.05) is 30.3 Å². The van der Waals surface area contributed by atoms with Gasteiger partial charge in [-0.3, -0.25) is 4.79 Å². The van der Waals surface area contributed by atoms with Crippen molar-refractivity contribution in [2.45, 2.75) is 23.9 Å². The minimum Gasteiger partial charge on any atom is -0.467 e.